The second kappa shape index (κ2) is 7.21. The molecule has 130 valence electrons. The van der Waals surface area contributed by atoms with Gasteiger partial charge in [-0.05, 0) is 38.1 Å². The summed E-state index contributed by atoms with van der Waals surface area (Å²) in [5.74, 6) is 0.382. The molecule has 1 aromatic carbocycles. The van der Waals surface area contributed by atoms with Crippen LogP contribution in [-0.4, -0.2) is 23.1 Å². The van der Waals surface area contributed by atoms with Gasteiger partial charge in [-0.2, -0.15) is 13.2 Å². The number of Topliss-reactive ketones (excluding diaryl/α,β-unsaturated/α-hetero) is 1. The zero-order chi connectivity index (χ0) is 17.9. The molecule has 0 saturated carbocycles. The molecule has 0 saturated heterocycles. The molecule has 1 aromatic heterocycles. The molecule has 0 aliphatic carbocycles. The maximum absolute atomic E-state index is 12.8. The normalized spacial score (nSPS) is 12.5. The second-order valence-corrected chi connectivity index (χ2v) is 6.07. The lowest BCUT2D eigenvalue weighted by molar-refractivity contribution is -0.141. The summed E-state index contributed by atoms with van der Waals surface area (Å²) in [6.07, 6.45) is -4.40. The monoisotopic (exact) mass is 358 g/mol. The number of halogens is 3. The molecule has 0 radical (unpaired) electrons. The molecule has 0 aliphatic rings. The fourth-order valence-electron chi connectivity index (χ4n) is 2.16. The Bertz CT molecular complexity index is 789. The highest BCUT2D eigenvalue weighted by Crippen LogP contribution is 2.22. The highest BCUT2D eigenvalue weighted by Gasteiger charge is 2.30. The summed E-state index contributed by atoms with van der Waals surface area (Å²) < 4.78 is 44.8. The summed E-state index contributed by atoms with van der Waals surface area (Å²) in [6.45, 7) is 4.02. The summed E-state index contributed by atoms with van der Waals surface area (Å²) in [5.41, 5.74) is 0.764. The first-order valence-electron chi connectivity index (χ1n) is 7.26. The topological polar surface area (TPSA) is 43.6 Å². The Kier molecular flexibility index (Phi) is 5.48. The minimum absolute atomic E-state index is 0.138. The molecular weight excluding hydrogens is 341 g/mol. The van der Waals surface area contributed by atoms with Crippen molar-refractivity contribution in [2.45, 2.75) is 33.5 Å². The SMILES string of the molecule is CCOc1ccc(/N=c2/sc(C(C)=O)c(C)n2CC(F)(F)F)cc1. The number of hydrogen-bond donors (Lipinski definition) is 0. The average molecular weight is 358 g/mol. The fraction of sp³-hybridized carbons (Fsp3) is 0.375. The van der Waals surface area contributed by atoms with E-state index >= 15 is 0 Å². The molecule has 0 fully saturated rings. The van der Waals surface area contributed by atoms with Crippen molar-refractivity contribution < 1.29 is 22.7 Å². The number of ether oxygens (including phenoxy) is 1. The van der Waals surface area contributed by atoms with E-state index in [9.17, 15) is 18.0 Å². The zero-order valence-corrected chi connectivity index (χ0v) is 14.3. The summed E-state index contributed by atoms with van der Waals surface area (Å²) in [4.78, 5) is 16.3. The number of ketones is 1. The molecule has 0 spiro atoms. The molecule has 1 heterocycles. The molecule has 2 aromatic rings. The van der Waals surface area contributed by atoms with Crippen LogP contribution in [0.2, 0.25) is 0 Å². The Labute approximate surface area is 141 Å². The van der Waals surface area contributed by atoms with Crippen LogP contribution in [0.4, 0.5) is 18.9 Å². The van der Waals surface area contributed by atoms with Crippen LogP contribution in [0.25, 0.3) is 0 Å². The smallest absolute Gasteiger partial charge is 0.406 e. The Balaban J connectivity index is 2.50. The number of carbonyl (C=O) groups excluding carboxylic acids is 1. The minimum Gasteiger partial charge on any atom is -0.494 e. The van der Waals surface area contributed by atoms with Crippen LogP contribution in [0.15, 0.2) is 29.3 Å². The maximum Gasteiger partial charge on any atom is 0.406 e. The molecule has 0 N–H and O–H groups in total. The van der Waals surface area contributed by atoms with Gasteiger partial charge in [0.1, 0.15) is 12.3 Å². The first kappa shape index (κ1) is 18.3. The van der Waals surface area contributed by atoms with Gasteiger partial charge in [0.05, 0.1) is 17.2 Å². The fourth-order valence-corrected chi connectivity index (χ4v) is 3.20. The molecule has 2 rings (SSSR count). The lowest BCUT2D eigenvalue weighted by atomic mass is 10.3. The van der Waals surface area contributed by atoms with E-state index < -0.39 is 12.7 Å². The third-order valence-corrected chi connectivity index (χ3v) is 4.47. The van der Waals surface area contributed by atoms with Crippen molar-refractivity contribution in [2.24, 2.45) is 4.99 Å². The molecule has 0 atom stereocenters. The Hall–Kier alpha value is -2.09. The number of carbonyl (C=O) groups is 1. The van der Waals surface area contributed by atoms with Gasteiger partial charge in [-0.25, -0.2) is 4.99 Å². The van der Waals surface area contributed by atoms with Gasteiger partial charge < -0.3 is 9.30 Å². The van der Waals surface area contributed by atoms with Crippen LogP contribution in [0.5, 0.6) is 5.75 Å². The number of nitrogens with zero attached hydrogens (tertiary/aromatic N) is 2. The van der Waals surface area contributed by atoms with Crippen LogP contribution in [-0.2, 0) is 6.54 Å². The molecule has 0 amide bonds. The van der Waals surface area contributed by atoms with Crippen molar-refractivity contribution in [1.29, 1.82) is 0 Å². The van der Waals surface area contributed by atoms with Crippen molar-refractivity contribution in [3.05, 3.63) is 39.6 Å². The molecule has 24 heavy (non-hydrogen) atoms. The first-order chi connectivity index (χ1) is 11.2. The third kappa shape index (κ3) is 4.47. The molecule has 4 nitrogen and oxygen atoms in total. The zero-order valence-electron chi connectivity index (χ0n) is 13.5. The first-order valence-corrected chi connectivity index (χ1v) is 8.08. The van der Waals surface area contributed by atoms with E-state index in [1.54, 1.807) is 24.3 Å². The van der Waals surface area contributed by atoms with E-state index in [1.165, 1.54) is 13.8 Å². The van der Waals surface area contributed by atoms with E-state index in [1.807, 2.05) is 6.92 Å². The standard InChI is InChI=1S/C16H17F3N2O2S/c1-4-23-13-7-5-12(6-8-13)20-15-21(9-16(17,18)19)10(2)14(24-15)11(3)22/h5-8H,4,9H2,1-3H3/b20-15+. The van der Waals surface area contributed by atoms with Crippen molar-refractivity contribution in [1.82, 2.24) is 4.57 Å². The van der Waals surface area contributed by atoms with Crippen LogP contribution in [0.1, 0.15) is 29.2 Å². The van der Waals surface area contributed by atoms with Gasteiger partial charge in [-0.15, -0.1) is 0 Å². The molecule has 0 bridgehead atoms. The number of thiazole rings is 1. The van der Waals surface area contributed by atoms with E-state index in [0.717, 1.165) is 15.9 Å². The van der Waals surface area contributed by atoms with Crippen LogP contribution in [0, 0.1) is 6.92 Å². The van der Waals surface area contributed by atoms with Crippen LogP contribution in [0.3, 0.4) is 0 Å². The van der Waals surface area contributed by atoms with Crippen LogP contribution >= 0.6 is 11.3 Å². The maximum atomic E-state index is 12.8. The van der Waals surface area contributed by atoms with Gasteiger partial charge >= 0.3 is 6.18 Å². The Morgan fingerprint density at radius 2 is 1.92 bits per heavy atom. The van der Waals surface area contributed by atoms with Gasteiger partial charge in [0.15, 0.2) is 10.6 Å². The molecule has 0 unspecified atom stereocenters. The molecule has 8 heteroatoms. The number of hydrogen-bond acceptors (Lipinski definition) is 4. The Morgan fingerprint density at radius 1 is 1.29 bits per heavy atom. The summed E-state index contributed by atoms with van der Waals surface area (Å²) >= 11 is 0.960. The number of alkyl halides is 3. The third-order valence-electron chi connectivity index (χ3n) is 3.19. The highest BCUT2D eigenvalue weighted by molar-refractivity contribution is 7.11. The van der Waals surface area contributed by atoms with E-state index in [0.29, 0.717) is 18.0 Å². The quantitative estimate of drug-likeness (QED) is 0.750. The van der Waals surface area contributed by atoms with Gasteiger partial charge in [-0.3, -0.25) is 4.79 Å². The number of rotatable bonds is 5. The lowest BCUT2D eigenvalue weighted by Crippen LogP contribution is -2.26. The van der Waals surface area contributed by atoms with Gasteiger partial charge in [0.25, 0.3) is 0 Å². The van der Waals surface area contributed by atoms with E-state index in [2.05, 4.69) is 4.99 Å². The summed E-state index contributed by atoms with van der Waals surface area (Å²) in [5, 5.41) is 0. The summed E-state index contributed by atoms with van der Waals surface area (Å²) in [7, 11) is 0. The largest absolute Gasteiger partial charge is 0.494 e. The van der Waals surface area contributed by atoms with Crippen molar-refractivity contribution in [3.63, 3.8) is 0 Å². The number of aromatic nitrogens is 1. The molecular formula is C16H17F3N2O2S. The van der Waals surface area contributed by atoms with Crippen LogP contribution < -0.4 is 9.54 Å². The highest BCUT2D eigenvalue weighted by atomic mass is 32.1. The van der Waals surface area contributed by atoms with Gasteiger partial charge in [0, 0.05) is 12.6 Å². The predicted octanol–water partition coefficient (Wildman–Crippen LogP) is 4.25. The van der Waals surface area contributed by atoms with E-state index in [4.69, 9.17) is 4.74 Å². The second-order valence-electron chi connectivity index (χ2n) is 5.10. The van der Waals surface area contributed by atoms with Crippen molar-refractivity contribution >= 4 is 22.8 Å². The lowest BCUT2D eigenvalue weighted by Gasteiger charge is -2.09. The molecule has 0 aliphatic heterocycles. The summed E-state index contributed by atoms with van der Waals surface area (Å²) in [6, 6.07) is 6.71. The van der Waals surface area contributed by atoms with Gasteiger partial charge in [0.2, 0.25) is 0 Å². The average Bonchev–Trinajstić information content (AvgIpc) is 2.77. The Morgan fingerprint density at radius 3 is 2.42 bits per heavy atom. The van der Waals surface area contributed by atoms with Crippen molar-refractivity contribution in [3.8, 4) is 5.75 Å². The minimum atomic E-state index is -4.40. The van der Waals surface area contributed by atoms with E-state index in [-0.39, 0.29) is 21.2 Å². The predicted molar refractivity (Wildman–Crippen MR) is 85.9 cm³/mol. The van der Waals surface area contributed by atoms with Gasteiger partial charge in [-0.1, -0.05) is 11.3 Å². The van der Waals surface area contributed by atoms with Crippen molar-refractivity contribution in [2.75, 3.05) is 6.61 Å². The number of benzene rings is 1.